The Kier molecular flexibility index (Phi) is 4.46. The zero-order chi connectivity index (χ0) is 13.7. The highest BCUT2D eigenvalue weighted by Crippen LogP contribution is 2.18. The van der Waals surface area contributed by atoms with Crippen LogP contribution in [0, 0.1) is 0 Å². The molecule has 0 saturated carbocycles. The van der Waals surface area contributed by atoms with Gasteiger partial charge in [0.05, 0.1) is 12.9 Å². The first-order valence-electron chi connectivity index (χ1n) is 5.74. The Bertz CT molecular complexity index is 551. The van der Waals surface area contributed by atoms with Gasteiger partial charge in [0, 0.05) is 18.9 Å². The molecule has 2 N–H and O–H groups in total. The van der Waals surface area contributed by atoms with Crippen LogP contribution in [0.5, 0.6) is 5.75 Å². The zero-order valence-corrected chi connectivity index (χ0v) is 11.4. The number of benzene rings is 1. The van der Waals surface area contributed by atoms with Gasteiger partial charge in [-0.3, -0.25) is 4.79 Å². The van der Waals surface area contributed by atoms with Gasteiger partial charge in [-0.25, -0.2) is 4.98 Å². The minimum absolute atomic E-state index is 0.236. The second-order valence-corrected chi connectivity index (χ2v) is 4.88. The second kappa shape index (κ2) is 6.29. The molecular formula is C13H15N3O2S. The number of carbonyl (C=O) groups excluding carboxylic acids is 1. The van der Waals surface area contributed by atoms with Crippen LogP contribution in [-0.4, -0.2) is 28.3 Å². The van der Waals surface area contributed by atoms with E-state index in [2.05, 4.69) is 4.98 Å². The Balaban J connectivity index is 2.05. The lowest BCUT2D eigenvalue weighted by atomic mass is 10.2. The van der Waals surface area contributed by atoms with E-state index in [-0.39, 0.29) is 11.7 Å². The van der Waals surface area contributed by atoms with Crippen molar-refractivity contribution in [3.63, 3.8) is 0 Å². The molecule has 0 radical (unpaired) electrons. The van der Waals surface area contributed by atoms with Gasteiger partial charge in [-0.05, 0) is 17.7 Å². The molecule has 0 unspecified atom stereocenters. The maximum atomic E-state index is 10.8. The first-order chi connectivity index (χ1) is 9.19. The van der Waals surface area contributed by atoms with Crippen molar-refractivity contribution in [3.05, 3.63) is 42.2 Å². The number of ether oxygens (including phenoxy) is 1. The maximum absolute atomic E-state index is 10.8. The zero-order valence-electron chi connectivity index (χ0n) is 10.6. The average molecular weight is 277 g/mol. The first kappa shape index (κ1) is 13.5. The predicted molar refractivity (Wildman–Crippen MR) is 74.2 cm³/mol. The standard InChI is InChI=1S/C13H15N3O2S/c1-18-11-4-2-10(3-5-11)8-16-7-6-15-13(16)19-9-12(14)17/h2-7H,8-9H2,1H3,(H2,14,17). The first-order valence-corrected chi connectivity index (χ1v) is 6.73. The van der Waals surface area contributed by atoms with Gasteiger partial charge in [0.15, 0.2) is 5.16 Å². The van der Waals surface area contributed by atoms with Gasteiger partial charge in [0.1, 0.15) is 5.75 Å². The van der Waals surface area contributed by atoms with Crippen LogP contribution in [0.3, 0.4) is 0 Å². The van der Waals surface area contributed by atoms with Gasteiger partial charge >= 0.3 is 0 Å². The van der Waals surface area contributed by atoms with E-state index >= 15 is 0 Å². The highest BCUT2D eigenvalue weighted by molar-refractivity contribution is 7.99. The van der Waals surface area contributed by atoms with E-state index in [1.54, 1.807) is 13.3 Å². The number of thioether (sulfide) groups is 1. The third kappa shape index (κ3) is 3.75. The van der Waals surface area contributed by atoms with Crippen LogP contribution in [0.2, 0.25) is 0 Å². The minimum Gasteiger partial charge on any atom is -0.497 e. The van der Waals surface area contributed by atoms with Crippen molar-refractivity contribution < 1.29 is 9.53 Å². The van der Waals surface area contributed by atoms with E-state index in [0.717, 1.165) is 16.5 Å². The highest BCUT2D eigenvalue weighted by atomic mass is 32.2. The largest absolute Gasteiger partial charge is 0.497 e. The molecule has 0 aliphatic heterocycles. The van der Waals surface area contributed by atoms with Crippen LogP contribution in [0.25, 0.3) is 0 Å². The van der Waals surface area contributed by atoms with E-state index < -0.39 is 0 Å². The monoisotopic (exact) mass is 277 g/mol. The number of nitrogens with zero attached hydrogens (tertiary/aromatic N) is 2. The summed E-state index contributed by atoms with van der Waals surface area (Å²) in [6.45, 7) is 0.699. The van der Waals surface area contributed by atoms with Crippen molar-refractivity contribution in [2.75, 3.05) is 12.9 Å². The lowest BCUT2D eigenvalue weighted by molar-refractivity contribution is -0.115. The molecule has 6 heteroatoms. The number of amides is 1. The maximum Gasteiger partial charge on any atom is 0.227 e. The number of methoxy groups -OCH3 is 1. The number of rotatable bonds is 6. The fourth-order valence-electron chi connectivity index (χ4n) is 1.62. The molecule has 0 spiro atoms. The van der Waals surface area contributed by atoms with Gasteiger partial charge in [-0.15, -0.1) is 0 Å². The Labute approximate surface area is 115 Å². The topological polar surface area (TPSA) is 70.1 Å². The molecule has 0 aliphatic rings. The van der Waals surface area contributed by atoms with Crippen molar-refractivity contribution in [1.82, 2.24) is 9.55 Å². The predicted octanol–water partition coefficient (Wildman–Crippen LogP) is 1.52. The summed E-state index contributed by atoms with van der Waals surface area (Å²) in [5.74, 6) is 0.723. The van der Waals surface area contributed by atoms with Gasteiger partial charge in [0.25, 0.3) is 0 Å². The Hall–Kier alpha value is -1.95. The normalized spacial score (nSPS) is 10.4. The average Bonchev–Trinajstić information content (AvgIpc) is 2.84. The summed E-state index contributed by atoms with van der Waals surface area (Å²) in [6, 6.07) is 7.84. The van der Waals surface area contributed by atoms with Crippen molar-refractivity contribution in [2.45, 2.75) is 11.7 Å². The number of primary amides is 1. The van der Waals surface area contributed by atoms with E-state index in [9.17, 15) is 4.79 Å². The summed E-state index contributed by atoms with van der Waals surface area (Å²) < 4.78 is 7.10. The third-order valence-electron chi connectivity index (χ3n) is 2.53. The number of carbonyl (C=O) groups is 1. The SMILES string of the molecule is COc1ccc(Cn2ccnc2SCC(N)=O)cc1. The minimum atomic E-state index is -0.344. The number of hydrogen-bond donors (Lipinski definition) is 1. The number of hydrogen-bond acceptors (Lipinski definition) is 4. The van der Waals surface area contributed by atoms with Crippen LogP contribution in [-0.2, 0) is 11.3 Å². The highest BCUT2D eigenvalue weighted by Gasteiger charge is 2.06. The van der Waals surface area contributed by atoms with Crippen LogP contribution < -0.4 is 10.5 Å². The van der Waals surface area contributed by atoms with E-state index in [1.165, 1.54) is 11.8 Å². The molecule has 0 aliphatic carbocycles. The van der Waals surface area contributed by atoms with Crippen molar-refractivity contribution in [1.29, 1.82) is 0 Å². The van der Waals surface area contributed by atoms with Crippen LogP contribution in [0.1, 0.15) is 5.56 Å². The van der Waals surface area contributed by atoms with E-state index in [4.69, 9.17) is 10.5 Å². The molecule has 19 heavy (non-hydrogen) atoms. The Morgan fingerprint density at radius 3 is 2.79 bits per heavy atom. The molecule has 0 atom stereocenters. The van der Waals surface area contributed by atoms with Crippen LogP contribution >= 0.6 is 11.8 Å². The fourth-order valence-corrected chi connectivity index (χ4v) is 2.32. The third-order valence-corrected chi connectivity index (χ3v) is 3.56. The molecule has 1 aromatic heterocycles. The van der Waals surface area contributed by atoms with E-state index in [0.29, 0.717) is 6.54 Å². The lowest BCUT2D eigenvalue weighted by Gasteiger charge is -2.07. The lowest BCUT2D eigenvalue weighted by Crippen LogP contribution is -2.13. The number of nitrogens with two attached hydrogens (primary N) is 1. The van der Waals surface area contributed by atoms with Gasteiger partial charge in [0.2, 0.25) is 5.91 Å². The van der Waals surface area contributed by atoms with E-state index in [1.807, 2.05) is 35.0 Å². The smallest absolute Gasteiger partial charge is 0.227 e. The summed E-state index contributed by atoms with van der Waals surface area (Å²) in [4.78, 5) is 15.0. The van der Waals surface area contributed by atoms with Crippen molar-refractivity contribution in [3.8, 4) is 5.75 Å². The molecule has 0 fully saturated rings. The molecule has 0 saturated heterocycles. The number of imidazole rings is 1. The molecule has 5 nitrogen and oxygen atoms in total. The van der Waals surface area contributed by atoms with Crippen LogP contribution in [0.15, 0.2) is 41.8 Å². The molecule has 1 amide bonds. The molecule has 1 heterocycles. The molecular weight excluding hydrogens is 262 g/mol. The molecule has 0 bridgehead atoms. The summed E-state index contributed by atoms with van der Waals surface area (Å²) in [7, 11) is 1.64. The van der Waals surface area contributed by atoms with Gasteiger partial charge in [-0.1, -0.05) is 23.9 Å². The Morgan fingerprint density at radius 1 is 1.42 bits per heavy atom. The fraction of sp³-hybridized carbons (Fsp3) is 0.231. The van der Waals surface area contributed by atoms with Gasteiger partial charge in [-0.2, -0.15) is 0 Å². The van der Waals surface area contributed by atoms with Crippen LogP contribution in [0.4, 0.5) is 0 Å². The second-order valence-electron chi connectivity index (χ2n) is 3.94. The molecule has 100 valence electrons. The van der Waals surface area contributed by atoms with Crippen molar-refractivity contribution >= 4 is 17.7 Å². The number of aromatic nitrogens is 2. The summed E-state index contributed by atoms with van der Waals surface area (Å²) in [5, 5.41) is 0.787. The summed E-state index contributed by atoms with van der Waals surface area (Å²) >= 11 is 1.34. The molecule has 1 aromatic carbocycles. The quantitative estimate of drug-likeness (QED) is 0.813. The van der Waals surface area contributed by atoms with Gasteiger partial charge < -0.3 is 15.0 Å². The molecule has 2 aromatic rings. The van der Waals surface area contributed by atoms with Crippen molar-refractivity contribution in [2.24, 2.45) is 5.73 Å². The summed E-state index contributed by atoms with van der Waals surface area (Å²) in [6.07, 6.45) is 3.60. The molecule has 2 rings (SSSR count). The summed E-state index contributed by atoms with van der Waals surface area (Å²) in [5.41, 5.74) is 6.27. The Morgan fingerprint density at radius 2 is 2.16 bits per heavy atom.